The van der Waals surface area contributed by atoms with E-state index >= 15 is 0 Å². The molecule has 1 saturated heterocycles. The first kappa shape index (κ1) is 25.4. The predicted octanol–water partition coefficient (Wildman–Crippen LogP) is 4.59. The van der Waals surface area contributed by atoms with Crippen LogP contribution in [0, 0.1) is 5.92 Å². The van der Waals surface area contributed by atoms with Crippen molar-refractivity contribution in [3.63, 3.8) is 0 Å². The zero-order valence-electron chi connectivity index (χ0n) is 19.9. The number of rotatable bonds is 11. The van der Waals surface area contributed by atoms with E-state index in [1.165, 1.54) is 12.7 Å². The minimum absolute atomic E-state index is 0.0119. The first-order valence-corrected chi connectivity index (χ1v) is 12.9. The monoisotopic (exact) mass is 472 g/mol. The van der Waals surface area contributed by atoms with Crippen LogP contribution in [-0.2, 0) is 26.6 Å². The summed E-state index contributed by atoms with van der Waals surface area (Å²) in [5, 5.41) is 0. The third kappa shape index (κ3) is 7.37. The molecular weight excluding hydrogens is 436 g/mol. The SMILES string of the molecule is COC(=O)[C@@H]1CCCCN1C(=O)[C@@H](CSCc1ccccc1)N(Cc1ccco1)CC(C)C. The maximum Gasteiger partial charge on any atom is 0.328 e. The van der Waals surface area contributed by atoms with Crippen molar-refractivity contribution in [2.45, 2.75) is 57.5 Å². The Balaban J connectivity index is 1.82. The lowest BCUT2D eigenvalue weighted by molar-refractivity contribution is -0.156. The van der Waals surface area contributed by atoms with Crippen molar-refractivity contribution in [3.05, 3.63) is 60.1 Å². The average molecular weight is 473 g/mol. The van der Waals surface area contributed by atoms with Crippen LogP contribution < -0.4 is 0 Å². The molecule has 2 atom stereocenters. The number of nitrogens with zero attached hydrogens (tertiary/aromatic N) is 2. The van der Waals surface area contributed by atoms with Crippen molar-refractivity contribution in [1.82, 2.24) is 9.80 Å². The van der Waals surface area contributed by atoms with E-state index in [0.29, 0.717) is 31.2 Å². The van der Waals surface area contributed by atoms with Crippen molar-refractivity contribution in [1.29, 1.82) is 0 Å². The minimum Gasteiger partial charge on any atom is -0.468 e. The molecule has 1 fully saturated rings. The van der Waals surface area contributed by atoms with E-state index in [1.807, 2.05) is 30.3 Å². The number of carbonyl (C=O) groups is 2. The molecule has 2 aromatic rings. The zero-order chi connectivity index (χ0) is 23.6. The third-order valence-electron chi connectivity index (χ3n) is 5.91. The molecule has 6 nitrogen and oxygen atoms in total. The van der Waals surface area contributed by atoms with E-state index in [1.54, 1.807) is 22.9 Å². The Labute approximate surface area is 201 Å². The van der Waals surface area contributed by atoms with Gasteiger partial charge in [0.25, 0.3) is 0 Å². The zero-order valence-corrected chi connectivity index (χ0v) is 20.8. The van der Waals surface area contributed by atoms with E-state index in [2.05, 4.69) is 30.9 Å². The molecule has 180 valence electrons. The molecule has 1 aliphatic rings. The fourth-order valence-corrected chi connectivity index (χ4v) is 5.46. The number of esters is 1. The first-order valence-electron chi connectivity index (χ1n) is 11.8. The fourth-order valence-electron chi connectivity index (χ4n) is 4.34. The molecule has 33 heavy (non-hydrogen) atoms. The van der Waals surface area contributed by atoms with Crippen LogP contribution in [0.5, 0.6) is 0 Å². The highest BCUT2D eigenvalue weighted by Crippen LogP contribution is 2.25. The summed E-state index contributed by atoms with van der Waals surface area (Å²) in [5.74, 6) is 2.39. The third-order valence-corrected chi connectivity index (χ3v) is 7.00. The van der Waals surface area contributed by atoms with Crippen LogP contribution in [0.1, 0.15) is 44.4 Å². The van der Waals surface area contributed by atoms with Gasteiger partial charge in [0.1, 0.15) is 11.8 Å². The van der Waals surface area contributed by atoms with Crippen molar-refractivity contribution in [2.24, 2.45) is 5.92 Å². The summed E-state index contributed by atoms with van der Waals surface area (Å²) in [6.07, 6.45) is 4.16. The molecule has 0 unspecified atom stereocenters. The Morgan fingerprint density at radius 2 is 1.97 bits per heavy atom. The summed E-state index contributed by atoms with van der Waals surface area (Å²) in [5.41, 5.74) is 1.24. The first-order chi connectivity index (χ1) is 16.0. The maximum atomic E-state index is 14.0. The summed E-state index contributed by atoms with van der Waals surface area (Å²) in [4.78, 5) is 30.4. The van der Waals surface area contributed by atoms with Crippen LogP contribution in [0.15, 0.2) is 53.1 Å². The lowest BCUT2D eigenvalue weighted by Gasteiger charge is -2.39. The number of thioether (sulfide) groups is 1. The topological polar surface area (TPSA) is 63.0 Å². The minimum atomic E-state index is -0.498. The normalized spacial score (nSPS) is 17.4. The maximum absolute atomic E-state index is 14.0. The van der Waals surface area contributed by atoms with Gasteiger partial charge in [-0.25, -0.2) is 4.79 Å². The summed E-state index contributed by atoms with van der Waals surface area (Å²) in [6.45, 7) is 6.23. The number of benzene rings is 1. The van der Waals surface area contributed by atoms with Crippen molar-refractivity contribution < 1.29 is 18.7 Å². The van der Waals surface area contributed by atoms with Crippen molar-refractivity contribution in [2.75, 3.05) is 26.0 Å². The molecule has 0 saturated carbocycles. The number of carbonyl (C=O) groups excluding carboxylic acids is 2. The lowest BCUT2D eigenvalue weighted by Crippen LogP contribution is -2.56. The Bertz CT molecular complexity index is 856. The van der Waals surface area contributed by atoms with Crippen molar-refractivity contribution in [3.8, 4) is 0 Å². The average Bonchev–Trinajstić information content (AvgIpc) is 3.34. The van der Waals surface area contributed by atoms with Crippen LogP contribution >= 0.6 is 11.8 Å². The van der Waals surface area contributed by atoms with Crippen LogP contribution in [0.25, 0.3) is 0 Å². The van der Waals surface area contributed by atoms with Gasteiger partial charge in [0, 0.05) is 24.6 Å². The number of methoxy groups -OCH3 is 1. The molecule has 0 radical (unpaired) electrons. The van der Waals surface area contributed by atoms with Gasteiger partial charge in [-0.1, -0.05) is 44.2 Å². The second kappa shape index (κ2) is 12.8. The largest absolute Gasteiger partial charge is 0.468 e. The van der Waals surface area contributed by atoms with E-state index in [9.17, 15) is 9.59 Å². The van der Waals surface area contributed by atoms with Gasteiger partial charge in [-0.2, -0.15) is 11.8 Å². The summed E-state index contributed by atoms with van der Waals surface area (Å²) in [7, 11) is 1.40. The van der Waals surface area contributed by atoms with Gasteiger partial charge in [-0.05, 0) is 42.9 Å². The highest BCUT2D eigenvalue weighted by Gasteiger charge is 2.38. The Morgan fingerprint density at radius 3 is 2.64 bits per heavy atom. The van der Waals surface area contributed by atoms with Crippen LogP contribution in [0.4, 0.5) is 0 Å². The number of hydrogen-bond donors (Lipinski definition) is 0. The van der Waals surface area contributed by atoms with Crippen molar-refractivity contribution >= 4 is 23.6 Å². The Morgan fingerprint density at radius 1 is 1.18 bits per heavy atom. The number of likely N-dealkylation sites (tertiary alicyclic amines) is 1. The number of ether oxygens (including phenoxy) is 1. The van der Waals surface area contributed by atoms with Gasteiger partial charge in [-0.3, -0.25) is 9.69 Å². The van der Waals surface area contributed by atoms with E-state index in [0.717, 1.165) is 30.9 Å². The van der Waals surface area contributed by atoms with Gasteiger partial charge < -0.3 is 14.1 Å². The molecule has 0 bridgehead atoms. The molecule has 1 aromatic carbocycles. The molecule has 0 N–H and O–H groups in total. The molecular formula is C26H36N2O4S. The molecule has 0 spiro atoms. The molecule has 0 aliphatic carbocycles. The van der Waals surface area contributed by atoms with Gasteiger partial charge in [0.15, 0.2) is 0 Å². The molecule has 1 aliphatic heterocycles. The smallest absolute Gasteiger partial charge is 0.328 e. The molecule has 2 heterocycles. The molecule has 1 amide bonds. The second-order valence-electron chi connectivity index (χ2n) is 8.99. The summed E-state index contributed by atoms with van der Waals surface area (Å²) in [6, 6.07) is 13.3. The molecule has 1 aromatic heterocycles. The van der Waals surface area contributed by atoms with E-state index in [4.69, 9.17) is 9.15 Å². The van der Waals surface area contributed by atoms with Crippen LogP contribution in [0.3, 0.4) is 0 Å². The number of furan rings is 1. The van der Waals surface area contributed by atoms with Crippen LogP contribution in [-0.4, -0.2) is 59.7 Å². The standard InChI is InChI=1S/C26H36N2O4S/c1-20(2)16-27(17-22-12-9-15-32-22)24(19-33-18-21-10-5-4-6-11-21)25(29)28-14-8-7-13-23(28)26(30)31-3/h4-6,9-12,15,20,23-24H,7-8,13-14,16-19H2,1-3H3/t23-,24+/m0/s1. The van der Waals surface area contributed by atoms with Gasteiger partial charge >= 0.3 is 5.97 Å². The number of amides is 1. The molecule has 3 rings (SSSR count). The number of hydrogen-bond acceptors (Lipinski definition) is 6. The van der Waals surface area contributed by atoms with Gasteiger partial charge in [0.2, 0.25) is 5.91 Å². The van der Waals surface area contributed by atoms with Crippen LogP contribution in [0.2, 0.25) is 0 Å². The highest BCUT2D eigenvalue weighted by atomic mass is 32.2. The quantitative estimate of drug-likeness (QED) is 0.446. The van der Waals surface area contributed by atoms with Gasteiger partial charge in [0.05, 0.1) is 26.0 Å². The van der Waals surface area contributed by atoms with E-state index in [-0.39, 0.29) is 17.9 Å². The fraction of sp³-hybridized carbons (Fsp3) is 0.538. The predicted molar refractivity (Wildman–Crippen MR) is 132 cm³/mol. The Hall–Kier alpha value is -2.25. The number of piperidine rings is 1. The molecule has 7 heteroatoms. The highest BCUT2D eigenvalue weighted by molar-refractivity contribution is 7.98. The lowest BCUT2D eigenvalue weighted by atomic mass is 10.0. The summed E-state index contributed by atoms with van der Waals surface area (Å²) < 4.78 is 10.7. The summed E-state index contributed by atoms with van der Waals surface area (Å²) >= 11 is 1.75. The van der Waals surface area contributed by atoms with Gasteiger partial charge in [-0.15, -0.1) is 0 Å². The second-order valence-corrected chi connectivity index (χ2v) is 10.0. The Kier molecular flexibility index (Phi) is 9.88. The van der Waals surface area contributed by atoms with E-state index < -0.39 is 6.04 Å².